The lowest BCUT2D eigenvalue weighted by Crippen LogP contribution is -2.52. The standard InChI is InChI=1S/C20H30N2O4/c1-3-15(4-2)17(22-7-9-24-10-8-22)14-21-20(23)16-5-6-18-19(13-16)26-12-11-25-18/h5-6,13,15,17H,3-4,7-12,14H2,1-2H3,(H,21,23). The quantitative estimate of drug-likeness (QED) is 0.807. The maximum atomic E-state index is 12.7. The van der Waals surface area contributed by atoms with E-state index in [1.165, 1.54) is 0 Å². The van der Waals surface area contributed by atoms with Crippen molar-refractivity contribution < 1.29 is 19.0 Å². The van der Waals surface area contributed by atoms with Gasteiger partial charge < -0.3 is 19.5 Å². The average molecular weight is 362 g/mol. The molecule has 3 rings (SSSR count). The number of carbonyl (C=O) groups is 1. The van der Waals surface area contributed by atoms with Crippen LogP contribution in [-0.4, -0.2) is 62.9 Å². The predicted octanol–water partition coefficient (Wildman–Crippen LogP) is 2.32. The Hall–Kier alpha value is -1.79. The van der Waals surface area contributed by atoms with E-state index in [4.69, 9.17) is 14.2 Å². The smallest absolute Gasteiger partial charge is 0.251 e. The number of hydrogen-bond acceptors (Lipinski definition) is 5. The fourth-order valence-corrected chi connectivity index (χ4v) is 3.82. The minimum Gasteiger partial charge on any atom is -0.486 e. The Balaban J connectivity index is 1.64. The van der Waals surface area contributed by atoms with Crippen LogP contribution in [0.15, 0.2) is 18.2 Å². The van der Waals surface area contributed by atoms with Crippen molar-refractivity contribution in [1.29, 1.82) is 0 Å². The second-order valence-electron chi connectivity index (χ2n) is 6.86. The van der Waals surface area contributed by atoms with Crippen molar-refractivity contribution in [3.63, 3.8) is 0 Å². The fourth-order valence-electron chi connectivity index (χ4n) is 3.82. The summed E-state index contributed by atoms with van der Waals surface area (Å²) in [5, 5.41) is 3.13. The highest BCUT2D eigenvalue weighted by Crippen LogP contribution is 2.30. The lowest BCUT2D eigenvalue weighted by Gasteiger charge is -2.38. The van der Waals surface area contributed by atoms with E-state index in [1.54, 1.807) is 12.1 Å². The lowest BCUT2D eigenvalue weighted by atomic mass is 9.92. The molecule has 6 heteroatoms. The molecule has 0 bridgehead atoms. The molecule has 2 aliphatic rings. The normalized spacial score (nSPS) is 18.6. The number of nitrogens with zero attached hydrogens (tertiary/aromatic N) is 1. The molecule has 0 spiro atoms. The summed E-state index contributed by atoms with van der Waals surface area (Å²) in [6, 6.07) is 5.72. The molecule has 1 atom stereocenters. The first kappa shape index (κ1) is 19.0. The largest absolute Gasteiger partial charge is 0.486 e. The molecule has 1 saturated heterocycles. The number of hydrogen-bond donors (Lipinski definition) is 1. The number of amides is 1. The van der Waals surface area contributed by atoms with Crippen molar-refractivity contribution in [3.05, 3.63) is 23.8 Å². The minimum atomic E-state index is -0.0637. The molecule has 1 N–H and O–H groups in total. The molecule has 26 heavy (non-hydrogen) atoms. The summed E-state index contributed by atoms with van der Waals surface area (Å²) in [7, 11) is 0. The minimum absolute atomic E-state index is 0.0637. The van der Waals surface area contributed by atoms with Gasteiger partial charge in [0.15, 0.2) is 11.5 Å². The molecule has 1 fully saturated rings. The van der Waals surface area contributed by atoms with E-state index in [9.17, 15) is 4.79 Å². The van der Waals surface area contributed by atoms with Gasteiger partial charge in [-0.05, 0) is 24.1 Å². The summed E-state index contributed by atoms with van der Waals surface area (Å²) in [5.41, 5.74) is 0.611. The van der Waals surface area contributed by atoms with Crippen LogP contribution in [0.25, 0.3) is 0 Å². The third-order valence-corrected chi connectivity index (χ3v) is 5.38. The Morgan fingerprint density at radius 2 is 1.77 bits per heavy atom. The molecule has 1 amide bonds. The van der Waals surface area contributed by atoms with Crippen LogP contribution in [0, 0.1) is 5.92 Å². The number of carbonyl (C=O) groups excluding carboxylic acids is 1. The van der Waals surface area contributed by atoms with Gasteiger partial charge in [-0.1, -0.05) is 26.7 Å². The zero-order chi connectivity index (χ0) is 18.4. The van der Waals surface area contributed by atoms with E-state index in [0.717, 1.165) is 39.1 Å². The highest BCUT2D eigenvalue weighted by atomic mass is 16.6. The number of morpholine rings is 1. The summed E-state index contributed by atoms with van der Waals surface area (Å²) in [6.07, 6.45) is 2.22. The Kier molecular flexibility index (Phi) is 6.74. The predicted molar refractivity (Wildman–Crippen MR) is 100 cm³/mol. The number of benzene rings is 1. The molecular formula is C20H30N2O4. The summed E-state index contributed by atoms with van der Waals surface area (Å²) in [6.45, 7) is 9.58. The fraction of sp³-hybridized carbons (Fsp3) is 0.650. The van der Waals surface area contributed by atoms with Crippen LogP contribution in [0.5, 0.6) is 11.5 Å². The third kappa shape index (κ3) is 4.48. The molecule has 0 radical (unpaired) electrons. The second kappa shape index (κ2) is 9.24. The van der Waals surface area contributed by atoms with Crippen LogP contribution < -0.4 is 14.8 Å². The van der Waals surface area contributed by atoms with E-state index in [0.29, 0.717) is 48.8 Å². The molecule has 2 aliphatic heterocycles. The molecule has 0 saturated carbocycles. The SMILES string of the molecule is CCC(CC)C(CNC(=O)c1ccc2c(c1)OCCO2)N1CCOCC1. The summed E-state index contributed by atoms with van der Waals surface area (Å²) in [5.74, 6) is 1.85. The van der Waals surface area contributed by atoms with Crippen LogP contribution in [0.4, 0.5) is 0 Å². The van der Waals surface area contributed by atoms with E-state index in [1.807, 2.05) is 6.07 Å². The average Bonchev–Trinajstić information content (AvgIpc) is 2.71. The van der Waals surface area contributed by atoms with Gasteiger partial charge in [-0.3, -0.25) is 9.69 Å². The maximum absolute atomic E-state index is 12.7. The first-order chi connectivity index (χ1) is 12.7. The molecule has 0 aliphatic carbocycles. The summed E-state index contributed by atoms with van der Waals surface area (Å²) >= 11 is 0. The van der Waals surface area contributed by atoms with Gasteiger partial charge >= 0.3 is 0 Å². The number of fused-ring (bicyclic) bond motifs is 1. The van der Waals surface area contributed by atoms with Crippen molar-refractivity contribution >= 4 is 5.91 Å². The van der Waals surface area contributed by atoms with Crippen LogP contribution in [0.2, 0.25) is 0 Å². The van der Waals surface area contributed by atoms with Gasteiger partial charge in [-0.15, -0.1) is 0 Å². The first-order valence-electron chi connectivity index (χ1n) is 9.72. The van der Waals surface area contributed by atoms with Gasteiger partial charge in [0.25, 0.3) is 5.91 Å². The molecule has 1 aromatic rings. The van der Waals surface area contributed by atoms with Gasteiger partial charge in [0.2, 0.25) is 0 Å². The van der Waals surface area contributed by atoms with Gasteiger partial charge in [-0.2, -0.15) is 0 Å². The van der Waals surface area contributed by atoms with Crippen molar-refractivity contribution in [3.8, 4) is 11.5 Å². The van der Waals surface area contributed by atoms with E-state index >= 15 is 0 Å². The summed E-state index contributed by atoms with van der Waals surface area (Å²) < 4.78 is 16.6. The summed E-state index contributed by atoms with van der Waals surface area (Å²) in [4.78, 5) is 15.1. The van der Waals surface area contributed by atoms with Crippen molar-refractivity contribution in [2.75, 3.05) is 46.1 Å². The van der Waals surface area contributed by atoms with Crippen LogP contribution >= 0.6 is 0 Å². The molecule has 2 heterocycles. The van der Waals surface area contributed by atoms with E-state index in [-0.39, 0.29) is 5.91 Å². The van der Waals surface area contributed by atoms with Crippen molar-refractivity contribution in [1.82, 2.24) is 10.2 Å². The topological polar surface area (TPSA) is 60.0 Å². The number of rotatable bonds is 7. The molecule has 6 nitrogen and oxygen atoms in total. The molecule has 0 aromatic heterocycles. The Morgan fingerprint density at radius 1 is 1.08 bits per heavy atom. The molecule has 1 unspecified atom stereocenters. The van der Waals surface area contributed by atoms with Crippen LogP contribution in [0.3, 0.4) is 0 Å². The van der Waals surface area contributed by atoms with Crippen molar-refractivity contribution in [2.45, 2.75) is 32.7 Å². The lowest BCUT2D eigenvalue weighted by molar-refractivity contribution is 0.00191. The number of nitrogens with one attached hydrogen (secondary N) is 1. The van der Waals surface area contributed by atoms with E-state index < -0.39 is 0 Å². The zero-order valence-electron chi connectivity index (χ0n) is 15.8. The van der Waals surface area contributed by atoms with Crippen LogP contribution in [-0.2, 0) is 4.74 Å². The Morgan fingerprint density at radius 3 is 2.46 bits per heavy atom. The molecular weight excluding hydrogens is 332 g/mol. The van der Waals surface area contributed by atoms with E-state index in [2.05, 4.69) is 24.1 Å². The van der Waals surface area contributed by atoms with Gasteiger partial charge in [-0.25, -0.2) is 0 Å². The highest BCUT2D eigenvalue weighted by Gasteiger charge is 2.27. The Labute approximate surface area is 155 Å². The zero-order valence-corrected chi connectivity index (χ0v) is 15.8. The van der Waals surface area contributed by atoms with Crippen LogP contribution in [0.1, 0.15) is 37.0 Å². The van der Waals surface area contributed by atoms with Gasteiger partial charge in [0, 0.05) is 31.2 Å². The third-order valence-electron chi connectivity index (χ3n) is 5.38. The molecule has 1 aromatic carbocycles. The van der Waals surface area contributed by atoms with Gasteiger partial charge in [0.1, 0.15) is 13.2 Å². The molecule has 144 valence electrons. The van der Waals surface area contributed by atoms with Gasteiger partial charge in [0.05, 0.1) is 13.2 Å². The number of ether oxygens (including phenoxy) is 3. The van der Waals surface area contributed by atoms with Crippen molar-refractivity contribution in [2.24, 2.45) is 5.92 Å². The second-order valence-corrected chi connectivity index (χ2v) is 6.86. The highest BCUT2D eigenvalue weighted by molar-refractivity contribution is 5.94. The monoisotopic (exact) mass is 362 g/mol. The Bertz CT molecular complexity index is 597. The maximum Gasteiger partial charge on any atom is 0.251 e. The first-order valence-corrected chi connectivity index (χ1v) is 9.72.